The van der Waals surface area contributed by atoms with E-state index >= 15 is 0 Å². The molecule has 0 N–H and O–H groups in total. The lowest BCUT2D eigenvalue weighted by Crippen LogP contribution is -2.30. The number of carbonyl (C=O) groups is 2. The van der Waals surface area contributed by atoms with Crippen molar-refractivity contribution in [1.29, 1.82) is 0 Å². The molecule has 0 spiro atoms. The van der Waals surface area contributed by atoms with Gasteiger partial charge in [0.15, 0.2) is 0 Å². The van der Waals surface area contributed by atoms with Crippen molar-refractivity contribution in [3.63, 3.8) is 0 Å². The van der Waals surface area contributed by atoms with Gasteiger partial charge in [0.25, 0.3) is 0 Å². The Morgan fingerprint density at radius 1 is 1.00 bits per heavy atom. The van der Waals surface area contributed by atoms with Crippen LogP contribution in [0.5, 0.6) is 5.75 Å². The van der Waals surface area contributed by atoms with Gasteiger partial charge in [0.05, 0.1) is 24.6 Å². The molecule has 1 saturated heterocycles. The minimum Gasteiger partial charge on any atom is -0.497 e. The largest absolute Gasteiger partial charge is 0.497 e. The molecule has 1 heterocycles. The normalized spacial score (nSPS) is 26.5. The first-order chi connectivity index (χ1) is 9.22. The van der Waals surface area contributed by atoms with Crippen molar-refractivity contribution < 1.29 is 14.3 Å². The Labute approximate surface area is 112 Å². The molecule has 100 valence electrons. The zero-order valence-corrected chi connectivity index (χ0v) is 11.0. The third kappa shape index (κ3) is 1.91. The van der Waals surface area contributed by atoms with Crippen molar-refractivity contribution >= 4 is 17.5 Å². The van der Waals surface area contributed by atoms with Gasteiger partial charge in [-0.15, -0.1) is 0 Å². The third-order valence-electron chi connectivity index (χ3n) is 4.17. The second-order valence-corrected chi connectivity index (χ2v) is 5.21. The minimum absolute atomic E-state index is 0.0279. The summed E-state index contributed by atoms with van der Waals surface area (Å²) in [5.41, 5.74) is 0.658. The molecule has 1 aromatic rings. The fourth-order valence-electron chi connectivity index (χ4n) is 3.15. The van der Waals surface area contributed by atoms with Crippen LogP contribution in [-0.2, 0) is 9.59 Å². The fourth-order valence-corrected chi connectivity index (χ4v) is 3.15. The summed E-state index contributed by atoms with van der Waals surface area (Å²) < 4.78 is 5.09. The first-order valence-corrected chi connectivity index (χ1v) is 6.74. The lowest BCUT2D eigenvalue weighted by atomic mass is 9.81. The predicted molar refractivity (Wildman–Crippen MR) is 70.9 cm³/mol. The van der Waals surface area contributed by atoms with E-state index in [1.165, 1.54) is 4.90 Å². The number of rotatable bonds is 2. The van der Waals surface area contributed by atoms with Crippen molar-refractivity contribution in [2.45, 2.75) is 25.7 Å². The summed E-state index contributed by atoms with van der Waals surface area (Å²) >= 11 is 0. The Morgan fingerprint density at radius 2 is 1.53 bits per heavy atom. The number of ether oxygens (including phenoxy) is 1. The summed E-state index contributed by atoms with van der Waals surface area (Å²) in [6.07, 6.45) is 3.80. The van der Waals surface area contributed by atoms with Crippen LogP contribution in [0.25, 0.3) is 0 Å². The molecule has 1 saturated carbocycles. The maximum atomic E-state index is 12.4. The molecule has 19 heavy (non-hydrogen) atoms. The van der Waals surface area contributed by atoms with E-state index in [1.807, 2.05) is 0 Å². The van der Waals surface area contributed by atoms with Gasteiger partial charge in [-0.3, -0.25) is 14.5 Å². The summed E-state index contributed by atoms with van der Waals surface area (Å²) in [4.78, 5) is 26.1. The van der Waals surface area contributed by atoms with Gasteiger partial charge in [-0.1, -0.05) is 12.8 Å². The number of hydrogen-bond acceptors (Lipinski definition) is 3. The van der Waals surface area contributed by atoms with Crippen molar-refractivity contribution in [2.24, 2.45) is 11.8 Å². The summed E-state index contributed by atoms with van der Waals surface area (Å²) in [6.45, 7) is 0. The zero-order valence-electron chi connectivity index (χ0n) is 11.0. The van der Waals surface area contributed by atoms with E-state index in [2.05, 4.69) is 0 Å². The van der Waals surface area contributed by atoms with E-state index in [0.29, 0.717) is 5.69 Å². The Kier molecular flexibility index (Phi) is 3.01. The standard InChI is InChI=1S/C15H17NO3/c1-19-11-8-6-10(7-9-11)16-14(17)12-4-2-3-5-13(12)15(16)18/h6-9,12-13H,2-5H2,1H3/t12-,13-/m1/s1. The minimum atomic E-state index is -0.0941. The molecular weight excluding hydrogens is 242 g/mol. The Balaban J connectivity index is 1.91. The highest BCUT2D eigenvalue weighted by Crippen LogP contribution is 2.40. The quantitative estimate of drug-likeness (QED) is 0.766. The summed E-state index contributed by atoms with van der Waals surface area (Å²) in [6, 6.07) is 7.09. The SMILES string of the molecule is COc1ccc(N2C(=O)[C@@H]3CCCC[C@H]3C2=O)cc1. The molecule has 0 unspecified atom stereocenters. The molecule has 2 aliphatic rings. The van der Waals surface area contributed by atoms with Crippen LogP contribution in [-0.4, -0.2) is 18.9 Å². The first-order valence-electron chi connectivity index (χ1n) is 6.74. The molecule has 2 atom stereocenters. The molecule has 1 aliphatic heterocycles. The number of fused-ring (bicyclic) bond motifs is 1. The molecule has 4 heteroatoms. The average Bonchev–Trinajstić information content (AvgIpc) is 2.72. The maximum Gasteiger partial charge on any atom is 0.237 e. The topological polar surface area (TPSA) is 46.6 Å². The Bertz CT molecular complexity index is 485. The number of benzene rings is 1. The van der Waals surface area contributed by atoms with Crippen molar-refractivity contribution in [3.8, 4) is 5.75 Å². The van der Waals surface area contributed by atoms with E-state index < -0.39 is 0 Å². The third-order valence-corrected chi connectivity index (χ3v) is 4.17. The Morgan fingerprint density at radius 3 is 2.00 bits per heavy atom. The molecule has 1 aromatic carbocycles. The molecule has 1 aliphatic carbocycles. The second-order valence-electron chi connectivity index (χ2n) is 5.21. The summed E-state index contributed by atoms with van der Waals surface area (Å²) in [5.74, 6) is 0.478. The van der Waals surface area contributed by atoms with Gasteiger partial charge in [0, 0.05) is 0 Å². The smallest absolute Gasteiger partial charge is 0.237 e. The lowest BCUT2D eigenvalue weighted by molar-refractivity contribution is -0.122. The highest BCUT2D eigenvalue weighted by atomic mass is 16.5. The molecule has 0 aromatic heterocycles. The number of imide groups is 1. The van der Waals surface area contributed by atoms with Gasteiger partial charge >= 0.3 is 0 Å². The predicted octanol–water partition coefficient (Wildman–Crippen LogP) is 2.37. The zero-order chi connectivity index (χ0) is 13.4. The highest BCUT2D eigenvalue weighted by Gasteiger charge is 2.48. The van der Waals surface area contributed by atoms with Crippen LogP contribution < -0.4 is 9.64 Å². The molecule has 0 radical (unpaired) electrons. The molecule has 0 bridgehead atoms. The molecule has 2 fully saturated rings. The van der Waals surface area contributed by atoms with Crippen LogP contribution in [0.3, 0.4) is 0 Å². The summed E-state index contributed by atoms with van der Waals surface area (Å²) in [7, 11) is 1.59. The first kappa shape index (κ1) is 12.2. The highest BCUT2D eigenvalue weighted by molar-refractivity contribution is 6.22. The van der Waals surface area contributed by atoms with E-state index in [9.17, 15) is 9.59 Å². The number of carbonyl (C=O) groups excluding carboxylic acids is 2. The van der Waals surface area contributed by atoms with Crippen LogP contribution in [0, 0.1) is 11.8 Å². The van der Waals surface area contributed by atoms with Gasteiger partial charge < -0.3 is 4.74 Å². The van der Waals surface area contributed by atoms with Gasteiger partial charge in [-0.2, -0.15) is 0 Å². The monoisotopic (exact) mass is 259 g/mol. The van der Waals surface area contributed by atoms with E-state index in [1.54, 1.807) is 31.4 Å². The number of nitrogens with zero attached hydrogens (tertiary/aromatic N) is 1. The Hall–Kier alpha value is -1.84. The van der Waals surface area contributed by atoms with Crippen LogP contribution in [0.2, 0.25) is 0 Å². The number of anilines is 1. The van der Waals surface area contributed by atoms with Crippen molar-refractivity contribution in [3.05, 3.63) is 24.3 Å². The average molecular weight is 259 g/mol. The van der Waals surface area contributed by atoms with E-state index in [-0.39, 0.29) is 23.7 Å². The van der Waals surface area contributed by atoms with Crippen LogP contribution in [0.1, 0.15) is 25.7 Å². The van der Waals surface area contributed by atoms with Gasteiger partial charge in [0.1, 0.15) is 5.75 Å². The number of methoxy groups -OCH3 is 1. The second kappa shape index (κ2) is 4.68. The van der Waals surface area contributed by atoms with Crippen LogP contribution in [0.15, 0.2) is 24.3 Å². The maximum absolute atomic E-state index is 12.4. The van der Waals surface area contributed by atoms with Gasteiger partial charge in [-0.25, -0.2) is 0 Å². The van der Waals surface area contributed by atoms with Crippen molar-refractivity contribution in [2.75, 3.05) is 12.0 Å². The molecular formula is C15H17NO3. The molecule has 3 rings (SSSR count). The van der Waals surface area contributed by atoms with Crippen molar-refractivity contribution in [1.82, 2.24) is 0 Å². The van der Waals surface area contributed by atoms with Crippen LogP contribution >= 0.6 is 0 Å². The lowest BCUT2D eigenvalue weighted by Gasteiger charge is -2.19. The molecule has 2 amide bonds. The number of amides is 2. The van der Waals surface area contributed by atoms with Gasteiger partial charge in [0.2, 0.25) is 11.8 Å². The molecule has 4 nitrogen and oxygen atoms in total. The van der Waals surface area contributed by atoms with E-state index in [4.69, 9.17) is 4.74 Å². The summed E-state index contributed by atoms with van der Waals surface area (Å²) in [5, 5.41) is 0. The van der Waals surface area contributed by atoms with Crippen LogP contribution in [0.4, 0.5) is 5.69 Å². The number of hydrogen-bond donors (Lipinski definition) is 0. The van der Waals surface area contributed by atoms with Gasteiger partial charge in [-0.05, 0) is 37.1 Å². The fraction of sp³-hybridized carbons (Fsp3) is 0.467. The van der Waals surface area contributed by atoms with E-state index in [0.717, 1.165) is 31.4 Å².